The van der Waals surface area contributed by atoms with Gasteiger partial charge in [0, 0.05) is 22.5 Å². The lowest BCUT2D eigenvalue weighted by atomic mass is 9.92. The van der Waals surface area contributed by atoms with Gasteiger partial charge >= 0.3 is 6.03 Å². The average molecular weight is 629 g/mol. The van der Waals surface area contributed by atoms with Crippen LogP contribution in [0.1, 0.15) is 32.0 Å². The molecule has 0 spiro atoms. The van der Waals surface area contributed by atoms with Gasteiger partial charge in [0.25, 0.3) is 0 Å². The van der Waals surface area contributed by atoms with Crippen LogP contribution in [0.25, 0.3) is 5.69 Å². The maximum Gasteiger partial charge on any atom is 0.322 e. The van der Waals surface area contributed by atoms with Crippen LogP contribution in [0, 0.1) is 0 Å². The number of carbonyl (C=O) groups is 2. The topological polar surface area (TPSA) is 79.3 Å². The number of hydrogen-bond donors (Lipinski definition) is 2. The van der Waals surface area contributed by atoms with Crippen molar-refractivity contribution in [2.24, 2.45) is 0 Å². The van der Waals surface area contributed by atoms with Crippen molar-refractivity contribution in [2.45, 2.75) is 32.7 Å². The highest BCUT2D eigenvalue weighted by Gasteiger charge is 2.24. The van der Waals surface area contributed by atoms with Gasteiger partial charge in [0.2, 0.25) is 5.91 Å². The van der Waals surface area contributed by atoms with Crippen LogP contribution < -0.4 is 10.6 Å². The number of urea groups is 1. The molecule has 3 aromatic carbocycles. The number of anilines is 2. The van der Waals surface area contributed by atoms with Gasteiger partial charge in [-0.1, -0.05) is 86.4 Å². The van der Waals surface area contributed by atoms with E-state index in [0.29, 0.717) is 27.2 Å². The van der Waals surface area contributed by atoms with Crippen molar-refractivity contribution in [2.75, 3.05) is 17.2 Å². The third kappa shape index (κ3) is 7.41. The fourth-order valence-electron chi connectivity index (χ4n) is 3.77. The highest BCUT2D eigenvalue weighted by molar-refractivity contribution is 9.10. The summed E-state index contributed by atoms with van der Waals surface area (Å²) >= 11 is 15.8. The van der Waals surface area contributed by atoms with Gasteiger partial charge < -0.3 is 15.5 Å². The molecule has 4 rings (SSSR count). The molecule has 10 heteroatoms. The molecule has 1 aromatic heterocycles. The number of benzene rings is 3. The molecule has 0 aliphatic carbocycles. The van der Waals surface area contributed by atoms with Crippen molar-refractivity contribution in [1.29, 1.82) is 0 Å². The van der Waals surface area contributed by atoms with Crippen LogP contribution in [0.4, 0.5) is 16.3 Å². The van der Waals surface area contributed by atoms with Gasteiger partial charge in [-0.15, -0.1) is 0 Å². The summed E-state index contributed by atoms with van der Waals surface area (Å²) in [6, 6.07) is 23.4. The largest absolute Gasteiger partial charge is 0.322 e. The zero-order valence-electron chi connectivity index (χ0n) is 21.7. The number of carbonyl (C=O) groups excluding carboxylic acids is 2. The first-order chi connectivity index (χ1) is 18.5. The zero-order chi connectivity index (χ0) is 28.2. The Balaban J connectivity index is 1.60. The molecule has 3 amide bonds. The average Bonchev–Trinajstić information content (AvgIpc) is 3.31. The number of aromatic nitrogens is 2. The quantitative estimate of drug-likeness (QED) is 0.218. The summed E-state index contributed by atoms with van der Waals surface area (Å²) in [5.41, 5.74) is 2.64. The second-order valence-corrected chi connectivity index (χ2v) is 11.6. The van der Waals surface area contributed by atoms with Crippen LogP contribution in [0.5, 0.6) is 0 Å². The summed E-state index contributed by atoms with van der Waals surface area (Å²) in [6.45, 7) is 6.15. The normalized spacial score (nSPS) is 11.2. The van der Waals surface area contributed by atoms with E-state index in [9.17, 15) is 9.59 Å². The Morgan fingerprint density at radius 3 is 2.28 bits per heavy atom. The smallest absolute Gasteiger partial charge is 0.311 e. The van der Waals surface area contributed by atoms with Crippen molar-refractivity contribution >= 4 is 62.6 Å². The van der Waals surface area contributed by atoms with Gasteiger partial charge in [-0.25, -0.2) is 9.48 Å². The molecule has 0 fully saturated rings. The second kappa shape index (κ2) is 12.2. The summed E-state index contributed by atoms with van der Waals surface area (Å²) in [5, 5.41) is 11.3. The molecule has 0 saturated carbocycles. The third-order valence-corrected chi connectivity index (χ3v) is 7.28. The van der Waals surface area contributed by atoms with E-state index in [1.807, 2.05) is 75.4 Å². The molecule has 39 heavy (non-hydrogen) atoms. The van der Waals surface area contributed by atoms with Gasteiger partial charge in [-0.2, -0.15) is 5.10 Å². The number of rotatable bonds is 7. The maximum atomic E-state index is 13.4. The minimum atomic E-state index is -0.408. The first kappa shape index (κ1) is 28.7. The molecular formula is C29H28BrCl2N5O2. The molecule has 202 valence electrons. The number of hydrogen-bond acceptors (Lipinski definition) is 3. The third-order valence-electron chi connectivity index (χ3n) is 5.85. The molecule has 0 saturated heterocycles. The first-order valence-corrected chi connectivity index (χ1v) is 13.8. The van der Waals surface area contributed by atoms with E-state index >= 15 is 0 Å². The number of nitrogens with zero attached hydrogens (tertiary/aromatic N) is 3. The first-order valence-electron chi connectivity index (χ1n) is 12.2. The summed E-state index contributed by atoms with van der Waals surface area (Å²) in [6.07, 6.45) is 0. The number of nitrogens with one attached hydrogen (secondary N) is 2. The number of halogens is 3. The standard InChI is InChI=1S/C29H28BrCl2N5O2/c1-29(2,3)25-16-26(37(35-25)20-13-14-22(31)23(32)15-20)34-27(38)18-36(17-19-9-5-4-6-10-19)28(39)33-24-12-8-7-11-21(24)30/h4-16H,17-18H2,1-3H3,(H,33,39)(H,34,38). The van der Waals surface area contributed by atoms with E-state index in [0.717, 1.165) is 15.7 Å². The molecular weight excluding hydrogens is 601 g/mol. The Bertz CT molecular complexity index is 1480. The predicted octanol–water partition coefficient (Wildman–Crippen LogP) is 7.91. The number of amides is 3. The lowest BCUT2D eigenvalue weighted by Crippen LogP contribution is -2.40. The molecule has 0 aliphatic rings. The van der Waals surface area contributed by atoms with Gasteiger partial charge in [0.1, 0.15) is 12.4 Å². The van der Waals surface area contributed by atoms with E-state index in [2.05, 4.69) is 26.6 Å². The molecule has 0 atom stereocenters. The minimum absolute atomic E-state index is 0.192. The zero-order valence-corrected chi connectivity index (χ0v) is 24.8. The summed E-state index contributed by atoms with van der Waals surface area (Å²) in [4.78, 5) is 28.1. The van der Waals surface area contributed by atoms with Gasteiger partial charge in [-0.05, 0) is 51.8 Å². The minimum Gasteiger partial charge on any atom is -0.311 e. The van der Waals surface area contributed by atoms with Crippen LogP contribution in [0.2, 0.25) is 10.0 Å². The summed E-state index contributed by atoms with van der Waals surface area (Å²) in [5.74, 6) is 0.0732. The second-order valence-electron chi connectivity index (χ2n) is 9.97. The molecule has 0 aliphatic heterocycles. The van der Waals surface area contributed by atoms with Crippen molar-refractivity contribution in [3.8, 4) is 5.69 Å². The van der Waals surface area contributed by atoms with Crippen molar-refractivity contribution in [3.05, 3.63) is 105 Å². The summed E-state index contributed by atoms with van der Waals surface area (Å²) in [7, 11) is 0. The van der Waals surface area contributed by atoms with E-state index in [4.69, 9.17) is 28.3 Å². The molecule has 2 N–H and O–H groups in total. The van der Waals surface area contributed by atoms with E-state index in [1.54, 1.807) is 28.9 Å². The molecule has 4 aromatic rings. The van der Waals surface area contributed by atoms with E-state index < -0.39 is 6.03 Å². The van der Waals surface area contributed by atoms with Crippen molar-refractivity contribution in [3.63, 3.8) is 0 Å². The van der Waals surface area contributed by atoms with Gasteiger partial charge in [-0.3, -0.25) is 4.79 Å². The van der Waals surface area contributed by atoms with Crippen LogP contribution >= 0.6 is 39.1 Å². The van der Waals surface area contributed by atoms with Crippen LogP contribution in [0.15, 0.2) is 83.3 Å². The van der Waals surface area contributed by atoms with Crippen LogP contribution in [-0.2, 0) is 16.8 Å². The van der Waals surface area contributed by atoms with Gasteiger partial charge in [0.05, 0.1) is 27.1 Å². The van der Waals surface area contributed by atoms with Crippen molar-refractivity contribution < 1.29 is 9.59 Å². The SMILES string of the molecule is CC(C)(C)c1cc(NC(=O)CN(Cc2ccccc2)C(=O)Nc2ccccc2Br)n(-c2ccc(Cl)c(Cl)c2)n1. The predicted molar refractivity (Wildman–Crippen MR) is 161 cm³/mol. The molecule has 0 unspecified atom stereocenters. The Morgan fingerprint density at radius 2 is 1.62 bits per heavy atom. The Hall–Kier alpha value is -3.33. The van der Waals surface area contributed by atoms with E-state index in [-0.39, 0.29) is 24.4 Å². The maximum absolute atomic E-state index is 13.4. The Morgan fingerprint density at radius 1 is 0.923 bits per heavy atom. The van der Waals surface area contributed by atoms with Crippen molar-refractivity contribution in [1.82, 2.24) is 14.7 Å². The van der Waals surface area contributed by atoms with Crippen LogP contribution in [0.3, 0.4) is 0 Å². The number of para-hydroxylation sites is 1. The molecule has 0 radical (unpaired) electrons. The fraction of sp³-hybridized carbons (Fsp3) is 0.207. The van der Waals surface area contributed by atoms with Gasteiger partial charge in [0.15, 0.2) is 0 Å². The fourth-order valence-corrected chi connectivity index (χ4v) is 4.44. The Labute approximate surface area is 246 Å². The Kier molecular flexibility index (Phi) is 9.00. The molecule has 0 bridgehead atoms. The lowest BCUT2D eigenvalue weighted by Gasteiger charge is -2.23. The molecule has 1 heterocycles. The molecule has 7 nitrogen and oxygen atoms in total. The highest BCUT2D eigenvalue weighted by atomic mass is 79.9. The summed E-state index contributed by atoms with van der Waals surface area (Å²) < 4.78 is 2.35. The monoisotopic (exact) mass is 627 g/mol. The highest BCUT2D eigenvalue weighted by Crippen LogP contribution is 2.29. The lowest BCUT2D eigenvalue weighted by molar-refractivity contribution is -0.116. The van der Waals surface area contributed by atoms with Crippen LogP contribution in [-0.4, -0.2) is 33.2 Å². The van der Waals surface area contributed by atoms with E-state index in [1.165, 1.54) is 4.90 Å².